The summed E-state index contributed by atoms with van der Waals surface area (Å²) in [4.78, 5) is 4.20. The van der Waals surface area contributed by atoms with Crippen LogP contribution in [0.25, 0.3) is 0 Å². The molecule has 2 heteroatoms. The maximum atomic E-state index is 4.20. The van der Waals surface area contributed by atoms with Gasteiger partial charge in [0.2, 0.25) is 0 Å². The van der Waals surface area contributed by atoms with Crippen LogP contribution in [0, 0.1) is 18.8 Å². The third-order valence-electron chi connectivity index (χ3n) is 3.63. The summed E-state index contributed by atoms with van der Waals surface area (Å²) in [6.07, 6.45) is 7.46. The maximum Gasteiger partial charge on any atom is 0.0393 e. The summed E-state index contributed by atoms with van der Waals surface area (Å²) in [7, 11) is 0. The van der Waals surface area contributed by atoms with Crippen LogP contribution in [0.2, 0.25) is 0 Å². The molecule has 88 valence electrons. The number of pyridine rings is 1. The Balaban J connectivity index is 1.79. The van der Waals surface area contributed by atoms with Crippen LogP contribution in [0.4, 0.5) is 5.69 Å². The monoisotopic (exact) mass is 218 g/mol. The molecule has 1 aliphatic rings. The lowest BCUT2D eigenvalue weighted by Crippen LogP contribution is -2.20. The minimum Gasteiger partial charge on any atom is -0.385 e. The molecular formula is C14H22N2. The fourth-order valence-electron chi connectivity index (χ4n) is 2.45. The highest BCUT2D eigenvalue weighted by molar-refractivity contribution is 5.42. The van der Waals surface area contributed by atoms with Gasteiger partial charge in [0.05, 0.1) is 0 Å². The van der Waals surface area contributed by atoms with E-state index in [-0.39, 0.29) is 0 Å². The molecule has 0 atom stereocenters. The van der Waals surface area contributed by atoms with Crippen molar-refractivity contribution in [3.8, 4) is 0 Å². The molecule has 1 fully saturated rings. The molecule has 1 saturated carbocycles. The van der Waals surface area contributed by atoms with Crippen molar-refractivity contribution < 1.29 is 0 Å². The van der Waals surface area contributed by atoms with Crippen molar-refractivity contribution in [1.82, 2.24) is 4.98 Å². The van der Waals surface area contributed by atoms with Crippen molar-refractivity contribution in [1.29, 1.82) is 0 Å². The predicted octanol–water partition coefficient (Wildman–Crippen LogP) is 3.63. The van der Waals surface area contributed by atoms with Crippen LogP contribution in [-0.2, 0) is 0 Å². The second kappa shape index (κ2) is 5.33. The summed E-state index contributed by atoms with van der Waals surface area (Å²) in [5, 5.41) is 3.53. The summed E-state index contributed by atoms with van der Waals surface area (Å²) < 4.78 is 0. The van der Waals surface area contributed by atoms with Crippen molar-refractivity contribution in [2.45, 2.75) is 39.5 Å². The Morgan fingerprint density at radius 3 is 2.75 bits per heavy atom. The standard InChI is InChI=1S/C14H22N2/c1-11-3-5-13(6-4-11)10-16-14-7-8-15-12(2)9-14/h7-9,11,13H,3-6,10H2,1-2H3,(H,15,16). The Kier molecular flexibility index (Phi) is 3.81. The van der Waals surface area contributed by atoms with Crippen LogP contribution in [-0.4, -0.2) is 11.5 Å². The van der Waals surface area contributed by atoms with Crippen molar-refractivity contribution in [2.24, 2.45) is 11.8 Å². The second-order valence-corrected chi connectivity index (χ2v) is 5.19. The Labute approximate surface area is 98.5 Å². The van der Waals surface area contributed by atoms with E-state index in [0.29, 0.717) is 0 Å². The highest BCUT2D eigenvalue weighted by Gasteiger charge is 2.17. The zero-order valence-corrected chi connectivity index (χ0v) is 10.4. The van der Waals surface area contributed by atoms with Gasteiger partial charge in [0.25, 0.3) is 0 Å². The van der Waals surface area contributed by atoms with Crippen LogP contribution in [0.1, 0.15) is 38.3 Å². The van der Waals surface area contributed by atoms with E-state index < -0.39 is 0 Å². The molecule has 1 heterocycles. The normalized spacial score (nSPS) is 25.4. The molecular weight excluding hydrogens is 196 g/mol. The van der Waals surface area contributed by atoms with Crippen molar-refractivity contribution in [2.75, 3.05) is 11.9 Å². The fourth-order valence-corrected chi connectivity index (χ4v) is 2.45. The first-order valence-electron chi connectivity index (χ1n) is 6.40. The number of rotatable bonds is 3. The molecule has 1 N–H and O–H groups in total. The van der Waals surface area contributed by atoms with Crippen LogP contribution in [0.5, 0.6) is 0 Å². The molecule has 0 unspecified atom stereocenters. The van der Waals surface area contributed by atoms with E-state index >= 15 is 0 Å². The summed E-state index contributed by atoms with van der Waals surface area (Å²) >= 11 is 0. The highest BCUT2D eigenvalue weighted by atomic mass is 14.9. The Bertz CT molecular complexity index is 327. The average molecular weight is 218 g/mol. The van der Waals surface area contributed by atoms with Gasteiger partial charge in [0.15, 0.2) is 0 Å². The molecule has 0 aliphatic heterocycles. The van der Waals surface area contributed by atoms with E-state index in [4.69, 9.17) is 0 Å². The topological polar surface area (TPSA) is 24.9 Å². The van der Waals surface area contributed by atoms with Crippen LogP contribution in [0.3, 0.4) is 0 Å². The second-order valence-electron chi connectivity index (χ2n) is 5.19. The Hall–Kier alpha value is -1.05. The smallest absolute Gasteiger partial charge is 0.0393 e. The van der Waals surface area contributed by atoms with Gasteiger partial charge in [0, 0.05) is 24.1 Å². The van der Waals surface area contributed by atoms with Crippen molar-refractivity contribution >= 4 is 5.69 Å². The van der Waals surface area contributed by atoms with E-state index in [1.165, 1.54) is 31.4 Å². The lowest BCUT2D eigenvalue weighted by Gasteiger charge is -2.26. The molecule has 0 aromatic carbocycles. The number of aromatic nitrogens is 1. The lowest BCUT2D eigenvalue weighted by molar-refractivity contribution is 0.300. The van der Waals surface area contributed by atoms with Gasteiger partial charge in [-0.15, -0.1) is 0 Å². The molecule has 0 amide bonds. The SMILES string of the molecule is Cc1cc(NCC2CCC(C)CC2)ccn1. The predicted molar refractivity (Wildman–Crippen MR) is 68.6 cm³/mol. The van der Waals surface area contributed by atoms with Gasteiger partial charge in [-0.05, 0) is 43.7 Å². The molecule has 2 rings (SSSR count). The maximum absolute atomic E-state index is 4.20. The minimum absolute atomic E-state index is 0.865. The Morgan fingerprint density at radius 2 is 2.06 bits per heavy atom. The molecule has 0 spiro atoms. The number of nitrogens with one attached hydrogen (secondary N) is 1. The first-order chi connectivity index (χ1) is 7.74. The van der Waals surface area contributed by atoms with Gasteiger partial charge in [-0.25, -0.2) is 0 Å². The number of hydrogen-bond donors (Lipinski definition) is 1. The lowest BCUT2D eigenvalue weighted by atomic mass is 9.83. The number of hydrogen-bond acceptors (Lipinski definition) is 2. The van der Waals surface area contributed by atoms with Crippen LogP contribution < -0.4 is 5.32 Å². The van der Waals surface area contributed by atoms with E-state index in [1.54, 1.807) is 0 Å². The molecule has 16 heavy (non-hydrogen) atoms. The molecule has 1 aromatic rings. The van der Waals surface area contributed by atoms with Crippen LogP contribution >= 0.6 is 0 Å². The largest absolute Gasteiger partial charge is 0.385 e. The molecule has 0 bridgehead atoms. The molecule has 1 aliphatic carbocycles. The van der Waals surface area contributed by atoms with Crippen molar-refractivity contribution in [3.05, 3.63) is 24.0 Å². The number of aryl methyl sites for hydroxylation is 1. The Morgan fingerprint density at radius 1 is 1.31 bits per heavy atom. The third-order valence-corrected chi connectivity index (χ3v) is 3.63. The van der Waals surface area contributed by atoms with Gasteiger partial charge in [-0.3, -0.25) is 4.98 Å². The number of anilines is 1. The first-order valence-corrected chi connectivity index (χ1v) is 6.40. The average Bonchev–Trinajstić information content (AvgIpc) is 2.28. The summed E-state index contributed by atoms with van der Waals surface area (Å²) in [5.74, 6) is 1.81. The van der Waals surface area contributed by atoms with Gasteiger partial charge in [-0.1, -0.05) is 19.8 Å². The quantitative estimate of drug-likeness (QED) is 0.838. The minimum atomic E-state index is 0.865. The zero-order valence-electron chi connectivity index (χ0n) is 10.4. The van der Waals surface area contributed by atoms with Gasteiger partial charge < -0.3 is 5.32 Å². The molecule has 1 aromatic heterocycles. The van der Waals surface area contributed by atoms with E-state index in [2.05, 4.69) is 29.4 Å². The molecule has 0 radical (unpaired) electrons. The van der Waals surface area contributed by atoms with Gasteiger partial charge in [0.1, 0.15) is 0 Å². The van der Waals surface area contributed by atoms with Gasteiger partial charge >= 0.3 is 0 Å². The van der Waals surface area contributed by atoms with E-state index in [0.717, 1.165) is 24.1 Å². The van der Waals surface area contributed by atoms with Gasteiger partial charge in [-0.2, -0.15) is 0 Å². The number of nitrogens with zero attached hydrogens (tertiary/aromatic N) is 1. The van der Waals surface area contributed by atoms with E-state index in [1.807, 2.05) is 13.1 Å². The van der Waals surface area contributed by atoms with Crippen molar-refractivity contribution in [3.63, 3.8) is 0 Å². The van der Waals surface area contributed by atoms with Crippen LogP contribution in [0.15, 0.2) is 18.3 Å². The highest BCUT2D eigenvalue weighted by Crippen LogP contribution is 2.28. The first kappa shape index (κ1) is 11.4. The summed E-state index contributed by atoms with van der Waals surface area (Å²) in [5.41, 5.74) is 2.30. The van der Waals surface area contributed by atoms with E-state index in [9.17, 15) is 0 Å². The molecule has 0 saturated heterocycles. The summed E-state index contributed by atoms with van der Waals surface area (Å²) in [6.45, 7) is 5.53. The fraction of sp³-hybridized carbons (Fsp3) is 0.643. The third kappa shape index (κ3) is 3.22. The summed E-state index contributed by atoms with van der Waals surface area (Å²) in [6, 6.07) is 4.17. The molecule has 2 nitrogen and oxygen atoms in total. The zero-order chi connectivity index (χ0) is 11.4.